The number of rotatable bonds is 4. The molecule has 1 amide bonds. The predicted molar refractivity (Wildman–Crippen MR) is 62.2 cm³/mol. The van der Waals surface area contributed by atoms with Crippen molar-refractivity contribution in [2.24, 2.45) is 5.92 Å². The lowest BCUT2D eigenvalue weighted by molar-refractivity contribution is -0.119. The van der Waals surface area contributed by atoms with Gasteiger partial charge in [0, 0.05) is 38.3 Å². The van der Waals surface area contributed by atoms with Gasteiger partial charge in [0.15, 0.2) is 0 Å². The molecule has 0 aliphatic carbocycles. The Morgan fingerprint density at radius 2 is 2.19 bits per heavy atom. The highest BCUT2D eigenvalue weighted by Gasteiger charge is 2.24. The first kappa shape index (κ1) is 11.9. The highest BCUT2D eigenvalue weighted by molar-refractivity contribution is 5.78. The van der Waals surface area contributed by atoms with E-state index in [1.165, 1.54) is 0 Å². The molecule has 2 atom stereocenters. The third-order valence-corrected chi connectivity index (χ3v) is 3.74. The van der Waals surface area contributed by atoms with E-state index < -0.39 is 0 Å². The molecule has 2 rings (SSSR count). The summed E-state index contributed by atoms with van der Waals surface area (Å²) in [4.78, 5) is 11.0. The SMILES string of the molecule is CC(NCC1CCC(=O)N1)C1CCOCC1. The second-order valence-electron chi connectivity index (χ2n) is 4.95. The fourth-order valence-corrected chi connectivity index (χ4v) is 2.54. The van der Waals surface area contributed by atoms with Crippen molar-refractivity contribution < 1.29 is 9.53 Å². The molecule has 16 heavy (non-hydrogen) atoms. The Hall–Kier alpha value is -0.610. The molecule has 2 fully saturated rings. The standard InChI is InChI=1S/C12H22N2O2/c1-9(10-4-6-16-7-5-10)13-8-11-2-3-12(15)14-11/h9-11,13H,2-8H2,1H3,(H,14,15). The summed E-state index contributed by atoms with van der Waals surface area (Å²) in [6, 6.07) is 0.871. The second kappa shape index (κ2) is 5.64. The van der Waals surface area contributed by atoms with E-state index >= 15 is 0 Å². The molecule has 4 heteroatoms. The van der Waals surface area contributed by atoms with Crippen molar-refractivity contribution in [1.29, 1.82) is 0 Å². The number of hydrogen-bond donors (Lipinski definition) is 2. The molecule has 2 N–H and O–H groups in total. The van der Waals surface area contributed by atoms with Crippen molar-refractivity contribution in [2.45, 2.75) is 44.7 Å². The lowest BCUT2D eigenvalue weighted by Crippen LogP contribution is -2.43. The molecule has 2 aliphatic rings. The fourth-order valence-electron chi connectivity index (χ4n) is 2.54. The number of ether oxygens (including phenoxy) is 1. The minimum atomic E-state index is 0.200. The van der Waals surface area contributed by atoms with Crippen molar-refractivity contribution in [2.75, 3.05) is 19.8 Å². The van der Waals surface area contributed by atoms with Crippen LogP contribution >= 0.6 is 0 Å². The Labute approximate surface area is 97.1 Å². The lowest BCUT2D eigenvalue weighted by Gasteiger charge is -2.29. The number of hydrogen-bond acceptors (Lipinski definition) is 3. The van der Waals surface area contributed by atoms with Crippen LogP contribution in [-0.4, -0.2) is 37.7 Å². The number of carbonyl (C=O) groups is 1. The molecule has 0 aromatic rings. The fraction of sp³-hybridized carbons (Fsp3) is 0.917. The Morgan fingerprint density at radius 3 is 2.81 bits per heavy atom. The molecule has 0 spiro atoms. The zero-order valence-corrected chi connectivity index (χ0v) is 10.00. The van der Waals surface area contributed by atoms with Gasteiger partial charge in [-0.1, -0.05) is 0 Å². The molecular weight excluding hydrogens is 204 g/mol. The van der Waals surface area contributed by atoms with E-state index in [9.17, 15) is 4.79 Å². The first-order valence-corrected chi connectivity index (χ1v) is 6.36. The van der Waals surface area contributed by atoms with E-state index in [1.807, 2.05) is 0 Å². The van der Waals surface area contributed by atoms with Crippen LogP contribution in [0.1, 0.15) is 32.6 Å². The Kier molecular flexibility index (Phi) is 4.18. The van der Waals surface area contributed by atoms with Crippen LogP contribution < -0.4 is 10.6 Å². The van der Waals surface area contributed by atoms with Crippen molar-refractivity contribution in [3.8, 4) is 0 Å². The van der Waals surface area contributed by atoms with Crippen molar-refractivity contribution in [3.63, 3.8) is 0 Å². The van der Waals surface area contributed by atoms with E-state index in [0.29, 0.717) is 18.5 Å². The first-order valence-electron chi connectivity index (χ1n) is 6.36. The van der Waals surface area contributed by atoms with Gasteiger partial charge in [0.1, 0.15) is 0 Å². The highest BCUT2D eigenvalue weighted by Crippen LogP contribution is 2.18. The van der Waals surface area contributed by atoms with Gasteiger partial charge in [0.05, 0.1) is 0 Å². The maximum atomic E-state index is 11.0. The maximum absolute atomic E-state index is 11.0. The Bertz CT molecular complexity index is 239. The topological polar surface area (TPSA) is 50.4 Å². The van der Waals surface area contributed by atoms with Gasteiger partial charge >= 0.3 is 0 Å². The second-order valence-corrected chi connectivity index (χ2v) is 4.95. The summed E-state index contributed by atoms with van der Waals surface area (Å²) >= 11 is 0. The quantitative estimate of drug-likeness (QED) is 0.741. The summed E-state index contributed by atoms with van der Waals surface area (Å²) in [5, 5.41) is 6.53. The van der Waals surface area contributed by atoms with Crippen molar-refractivity contribution in [3.05, 3.63) is 0 Å². The summed E-state index contributed by atoms with van der Waals surface area (Å²) in [5.41, 5.74) is 0. The van der Waals surface area contributed by atoms with E-state index in [1.54, 1.807) is 0 Å². The molecule has 0 aromatic heterocycles. The molecular formula is C12H22N2O2. The number of nitrogens with one attached hydrogen (secondary N) is 2. The molecule has 2 unspecified atom stereocenters. The van der Waals surface area contributed by atoms with Crippen LogP contribution in [0.3, 0.4) is 0 Å². The van der Waals surface area contributed by atoms with Crippen molar-refractivity contribution in [1.82, 2.24) is 10.6 Å². The summed E-state index contributed by atoms with van der Waals surface area (Å²) in [5.74, 6) is 0.927. The minimum absolute atomic E-state index is 0.200. The molecule has 0 radical (unpaired) electrons. The summed E-state index contributed by atoms with van der Waals surface area (Å²) in [6.07, 6.45) is 3.99. The van der Waals surface area contributed by atoms with Gasteiger partial charge < -0.3 is 15.4 Å². The summed E-state index contributed by atoms with van der Waals surface area (Å²) < 4.78 is 5.36. The maximum Gasteiger partial charge on any atom is 0.220 e. The van der Waals surface area contributed by atoms with Crippen molar-refractivity contribution >= 4 is 5.91 Å². The molecule has 92 valence electrons. The van der Waals surface area contributed by atoms with E-state index in [-0.39, 0.29) is 5.91 Å². The van der Waals surface area contributed by atoms with Crippen LogP contribution in [0.4, 0.5) is 0 Å². The zero-order valence-electron chi connectivity index (χ0n) is 10.00. The van der Waals surface area contributed by atoms with Gasteiger partial charge in [-0.05, 0) is 32.1 Å². The molecule has 2 aliphatic heterocycles. The van der Waals surface area contributed by atoms with Gasteiger partial charge in [-0.25, -0.2) is 0 Å². The van der Waals surface area contributed by atoms with Gasteiger partial charge in [-0.2, -0.15) is 0 Å². The Balaban J connectivity index is 1.66. The van der Waals surface area contributed by atoms with Gasteiger partial charge in [0.25, 0.3) is 0 Å². The number of amides is 1. The van der Waals surface area contributed by atoms with E-state index in [0.717, 1.165) is 44.9 Å². The third-order valence-electron chi connectivity index (χ3n) is 3.74. The summed E-state index contributed by atoms with van der Waals surface area (Å²) in [6.45, 7) is 4.95. The predicted octanol–water partition coefficient (Wildman–Crippen LogP) is 0.670. The van der Waals surface area contributed by atoms with Crippen LogP contribution in [0.15, 0.2) is 0 Å². The summed E-state index contributed by atoms with van der Waals surface area (Å²) in [7, 11) is 0. The molecule has 2 heterocycles. The molecule has 0 saturated carbocycles. The largest absolute Gasteiger partial charge is 0.381 e. The third kappa shape index (κ3) is 3.19. The lowest BCUT2D eigenvalue weighted by atomic mass is 9.93. The van der Waals surface area contributed by atoms with Crippen LogP contribution in [0.25, 0.3) is 0 Å². The monoisotopic (exact) mass is 226 g/mol. The highest BCUT2D eigenvalue weighted by atomic mass is 16.5. The molecule has 4 nitrogen and oxygen atoms in total. The Morgan fingerprint density at radius 1 is 1.44 bits per heavy atom. The van der Waals surface area contributed by atoms with Crippen LogP contribution in [0.5, 0.6) is 0 Å². The molecule has 0 aromatic carbocycles. The smallest absolute Gasteiger partial charge is 0.220 e. The van der Waals surface area contributed by atoms with Crippen LogP contribution in [0, 0.1) is 5.92 Å². The molecule has 2 saturated heterocycles. The van der Waals surface area contributed by atoms with E-state index in [2.05, 4.69) is 17.6 Å². The normalized spacial score (nSPS) is 29.1. The number of carbonyl (C=O) groups excluding carboxylic acids is 1. The van der Waals surface area contributed by atoms with Gasteiger partial charge in [-0.15, -0.1) is 0 Å². The van der Waals surface area contributed by atoms with Gasteiger partial charge in [-0.3, -0.25) is 4.79 Å². The van der Waals surface area contributed by atoms with Crippen LogP contribution in [-0.2, 0) is 9.53 Å². The van der Waals surface area contributed by atoms with E-state index in [4.69, 9.17) is 4.74 Å². The first-order chi connectivity index (χ1) is 7.75. The van der Waals surface area contributed by atoms with Gasteiger partial charge in [0.2, 0.25) is 5.91 Å². The average Bonchev–Trinajstić information content (AvgIpc) is 2.73. The van der Waals surface area contributed by atoms with Crippen LogP contribution in [0.2, 0.25) is 0 Å². The molecule has 0 bridgehead atoms. The average molecular weight is 226 g/mol. The minimum Gasteiger partial charge on any atom is -0.381 e. The zero-order chi connectivity index (χ0) is 11.4.